The van der Waals surface area contributed by atoms with Crippen LogP contribution in [-0.4, -0.2) is 46.6 Å². The van der Waals surface area contributed by atoms with Crippen molar-refractivity contribution in [3.8, 4) is 0 Å². The van der Waals surface area contributed by atoms with Gasteiger partial charge in [0.05, 0.1) is 17.9 Å². The number of anilines is 1. The van der Waals surface area contributed by atoms with Crippen molar-refractivity contribution in [1.29, 1.82) is 0 Å². The summed E-state index contributed by atoms with van der Waals surface area (Å²) in [5.74, 6) is 1.02. The number of carbonyl (C=O) groups excluding carboxylic acids is 1. The van der Waals surface area contributed by atoms with E-state index in [2.05, 4.69) is 52.5 Å². The van der Waals surface area contributed by atoms with Crippen LogP contribution in [0.4, 0.5) is 5.82 Å². The van der Waals surface area contributed by atoms with Crippen LogP contribution in [0.15, 0.2) is 35.3 Å². The Morgan fingerprint density at radius 2 is 2.15 bits per heavy atom. The summed E-state index contributed by atoms with van der Waals surface area (Å²) in [6.07, 6.45) is 5.57. The number of aromatic amines is 1. The maximum Gasteiger partial charge on any atom is 0.247 e. The molecular weight excluding hydrogens is 340 g/mol. The van der Waals surface area contributed by atoms with Gasteiger partial charge in [-0.2, -0.15) is 0 Å². The Labute approximate surface area is 160 Å². The van der Waals surface area contributed by atoms with E-state index in [1.54, 1.807) is 6.33 Å². The molecule has 7 nitrogen and oxygen atoms in total. The monoisotopic (exact) mass is 370 g/mol. The molecule has 0 saturated carbocycles. The summed E-state index contributed by atoms with van der Waals surface area (Å²) in [6.45, 7) is 7.87. The van der Waals surface area contributed by atoms with Gasteiger partial charge in [0.25, 0.3) is 0 Å². The van der Waals surface area contributed by atoms with E-state index in [-0.39, 0.29) is 11.9 Å². The summed E-state index contributed by atoms with van der Waals surface area (Å²) >= 11 is 0. The molecule has 0 bridgehead atoms. The normalized spacial score (nSPS) is 16.3. The molecule has 3 rings (SSSR count). The van der Waals surface area contributed by atoms with E-state index in [9.17, 15) is 4.79 Å². The molecule has 2 aromatic rings. The summed E-state index contributed by atoms with van der Waals surface area (Å²) in [4.78, 5) is 22.3. The first kappa shape index (κ1) is 19.2. The largest absolute Gasteiger partial charge is 0.347 e. The van der Waals surface area contributed by atoms with Crippen molar-refractivity contribution in [2.24, 2.45) is 7.05 Å². The highest BCUT2D eigenvalue weighted by atomic mass is 16.1. The van der Waals surface area contributed by atoms with Crippen molar-refractivity contribution in [2.75, 3.05) is 25.0 Å². The second-order valence-electron chi connectivity index (χ2n) is 7.14. The van der Waals surface area contributed by atoms with Crippen LogP contribution in [0.3, 0.4) is 0 Å². The van der Waals surface area contributed by atoms with Crippen molar-refractivity contribution < 1.29 is 4.79 Å². The maximum atomic E-state index is 12.4. The maximum absolute atomic E-state index is 12.4. The zero-order valence-electron chi connectivity index (χ0n) is 16.9. The summed E-state index contributed by atoms with van der Waals surface area (Å²) in [5, 5.41) is 6.23. The minimum Gasteiger partial charge on any atom is -0.347 e. The molecule has 0 aliphatic carbocycles. The van der Waals surface area contributed by atoms with Gasteiger partial charge in [-0.05, 0) is 31.4 Å². The number of aromatic nitrogens is 3. The fourth-order valence-electron chi connectivity index (χ4n) is 3.41. The Bertz CT molecular complexity index is 884. The number of amides is 1. The molecular formula is C20H30N6O. The van der Waals surface area contributed by atoms with E-state index in [1.165, 1.54) is 11.3 Å². The quantitative estimate of drug-likeness (QED) is 0.517. The molecule has 146 valence electrons. The third-order valence-corrected chi connectivity index (χ3v) is 5.22. The standard InChI is InChI=1S/C20H30N6O/c1-6-14(8-13(3)20(27)23-15-10-21-11-15)16(7-2)26(5)18-9-17-19(24-18)22-12-25(17)4/h8-9,12,15,21,24H,6-7,10-11H2,1-5H3,(H,23,27)/b13-8+,16-14+. The number of hydrogen-bond donors (Lipinski definition) is 3. The van der Waals surface area contributed by atoms with Crippen molar-refractivity contribution >= 4 is 22.9 Å². The van der Waals surface area contributed by atoms with Gasteiger partial charge in [0, 0.05) is 44.5 Å². The lowest BCUT2D eigenvalue weighted by Gasteiger charge is -2.28. The molecule has 1 fully saturated rings. The van der Waals surface area contributed by atoms with Gasteiger partial charge in [0.15, 0.2) is 5.65 Å². The lowest BCUT2D eigenvalue weighted by molar-refractivity contribution is -0.118. The number of fused-ring (bicyclic) bond motifs is 1. The first-order valence-electron chi connectivity index (χ1n) is 9.60. The van der Waals surface area contributed by atoms with Crippen LogP contribution in [0.5, 0.6) is 0 Å². The minimum atomic E-state index is 0.0142. The number of aryl methyl sites for hydroxylation is 1. The minimum absolute atomic E-state index is 0.0142. The number of imidazole rings is 1. The fourth-order valence-corrected chi connectivity index (χ4v) is 3.41. The highest BCUT2D eigenvalue weighted by Crippen LogP contribution is 2.26. The van der Waals surface area contributed by atoms with E-state index in [4.69, 9.17) is 0 Å². The van der Waals surface area contributed by atoms with Crippen molar-refractivity contribution in [3.63, 3.8) is 0 Å². The van der Waals surface area contributed by atoms with Gasteiger partial charge < -0.3 is 25.1 Å². The number of nitrogens with one attached hydrogen (secondary N) is 3. The number of carbonyl (C=O) groups is 1. The van der Waals surface area contributed by atoms with Gasteiger partial charge in [0.2, 0.25) is 5.91 Å². The van der Waals surface area contributed by atoms with Gasteiger partial charge in [-0.3, -0.25) is 4.79 Å². The molecule has 3 N–H and O–H groups in total. The van der Waals surface area contributed by atoms with Crippen molar-refractivity contribution in [2.45, 2.75) is 39.7 Å². The molecule has 7 heteroatoms. The number of nitrogens with zero attached hydrogens (tertiary/aromatic N) is 3. The Hall–Kier alpha value is -2.54. The lowest BCUT2D eigenvalue weighted by Crippen LogP contribution is -2.57. The molecule has 0 aromatic carbocycles. The Morgan fingerprint density at radius 1 is 1.41 bits per heavy atom. The van der Waals surface area contributed by atoms with Crippen LogP contribution in [0.2, 0.25) is 0 Å². The molecule has 1 aliphatic heterocycles. The molecule has 0 spiro atoms. The second kappa shape index (κ2) is 8.00. The first-order valence-corrected chi connectivity index (χ1v) is 9.60. The molecule has 1 aliphatic rings. The molecule has 3 heterocycles. The Balaban J connectivity index is 1.86. The van der Waals surface area contributed by atoms with E-state index >= 15 is 0 Å². The van der Waals surface area contributed by atoms with Crippen LogP contribution in [0, 0.1) is 0 Å². The van der Waals surface area contributed by atoms with Gasteiger partial charge in [0.1, 0.15) is 5.82 Å². The van der Waals surface area contributed by atoms with Crippen molar-refractivity contribution in [3.05, 3.63) is 35.3 Å². The van der Waals surface area contributed by atoms with Crippen LogP contribution in [-0.2, 0) is 11.8 Å². The first-order chi connectivity index (χ1) is 12.9. The average molecular weight is 371 g/mol. The Morgan fingerprint density at radius 3 is 2.70 bits per heavy atom. The van der Waals surface area contributed by atoms with Crippen molar-refractivity contribution in [1.82, 2.24) is 25.2 Å². The summed E-state index contributed by atoms with van der Waals surface area (Å²) in [5.41, 5.74) is 5.07. The molecule has 1 amide bonds. The third kappa shape index (κ3) is 3.93. The van der Waals surface area contributed by atoms with Gasteiger partial charge in [-0.25, -0.2) is 4.98 Å². The van der Waals surface area contributed by atoms with E-state index in [0.29, 0.717) is 0 Å². The zero-order chi connectivity index (χ0) is 19.6. The summed E-state index contributed by atoms with van der Waals surface area (Å²) in [7, 11) is 4.05. The van der Waals surface area contributed by atoms with Crippen LogP contribution >= 0.6 is 0 Å². The molecule has 27 heavy (non-hydrogen) atoms. The predicted octanol–water partition coefficient (Wildman–Crippen LogP) is 2.45. The van der Waals surface area contributed by atoms with E-state index in [1.807, 2.05) is 24.6 Å². The fraction of sp³-hybridized carbons (Fsp3) is 0.500. The lowest BCUT2D eigenvalue weighted by atomic mass is 10.0. The van der Waals surface area contributed by atoms with E-state index in [0.717, 1.165) is 48.5 Å². The highest BCUT2D eigenvalue weighted by molar-refractivity contribution is 5.93. The van der Waals surface area contributed by atoms with Crippen LogP contribution < -0.4 is 15.5 Å². The molecule has 0 radical (unpaired) electrons. The molecule has 1 saturated heterocycles. The summed E-state index contributed by atoms with van der Waals surface area (Å²) < 4.78 is 2.00. The highest BCUT2D eigenvalue weighted by Gasteiger charge is 2.20. The van der Waals surface area contributed by atoms with Gasteiger partial charge in [-0.1, -0.05) is 13.8 Å². The number of rotatable bonds is 7. The van der Waals surface area contributed by atoms with E-state index < -0.39 is 0 Å². The molecule has 0 atom stereocenters. The van der Waals surface area contributed by atoms with Crippen LogP contribution in [0.25, 0.3) is 11.2 Å². The molecule has 0 unspecified atom stereocenters. The SMILES string of the molecule is CCC(/C=C(\C)C(=O)NC1CNC1)=C(/CC)N(C)c1cc2c(ncn2C)[nH]1. The smallest absolute Gasteiger partial charge is 0.247 e. The number of allylic oxidation sites excluding steroid dienone is 3. The molecule has 2 aromatic heterocycles. The zero-order valence-corrected chi connectivity index (χ0v) is 16.9. The Kier molecular flexibility index (Phi) is 5.70. The van der Waals surface area contributed by atoms with Gasteiger partial charge in [-0.15, -0.1) is 0 Å². The average Bonchev–Trinajstić information content (AvgIpc) is 3.19. The number of hydrogen-bond acceptors (Lipinski definition) is 4. The topological polar surface area (TPSA) is 78.0 Å². The second-order valence-corrected chi connectivity index (χ2v) is 7.14. The predicted molar refractivity (Wildman–Crippen MR) is 110 cm³/mol. The summed E-state index contributed by atoms with van der Waals surface area (Å²) in [6, 6.07) is 2.36. The van der Waals surface area contributed by atoms with Crippen LogP contribution in [0.1, 0.15) is 33.6 Å². The third-order valence-electron chi connectivity index (χ3n) is 5.22. The van der Waals surface area contributed by atoms with Gasteiger partial charge >= 0.3 is 0 Å². The number of H-pyrrole nitrogens is 1.